The van der Waals surface area contributed by atoms with E-state index in [0.717, 1.165) is 18.5 Å². The van der Waals surface area contributed by atoms with Crippen LogP contribution < -0.4 is 10.6 Å². The third-order valence-corrected chi connectivity index (χ3v) is 2.79. The number of hydrogen-bond donors (Lipinski definition) is 2. The Labute approximate surface area is 94.0 Å². The molecule has 1 amide bonds. The summed E-state index contributed by atoms with van der Waals surface area (Å²) in [6, 6.07) is 4.38. The lowest BCUT2D eigenvalue weighted by Gasteiger charge is -2.11. The van der Waals surface area contributed by atoms with Crippen LogP contribution in [-0.2, 0) is 4.79 Å². The molecule has 0 radical (unpaired) electrons. The summed E-state index contributed by atoms with van der Waals surface area (Å²) in [6.45, 7) is 2.66. The quantitative estimate of drug-likeness (QED) is 0.807. The summed E-state index contributed by atoms with van der Waals surface area (Å²) in [4.78, 5) is 11.8. The molecule has 0 spiro atoms. The van der Waals surface area contributed by atoms with Crippen molar-refractivity contribution in [3.05, 3.63) is 24.0 Å². The van der Waals surface area contributed by atoms with Gasteiger partial charge in [0, 0.05) is 6.54 Å². The molecule has 0 fully saturated rings. The number of benzene rings is 1. The zero-order chi connectivity index (χ0) is 11.5. The molecule has 4 heteroatoms. The topological polar surface area (TPSA) is 41.1 Å². The van der Waals surface area contributed by atoms with Crippen LogP contribution in [0.5, 0.6) is 0 Å². The zero-order valence-electron chi connectivity index (χ0n) is 9.22. The van der Waals surface area contributed by atoms with Crippen LogP contribution in [0, 0.1) is 11.7 Å². The van der Waals surface area contributed by atoms with Crippen LogP contribution in [0.3, 0.4) is 0 Å². The molecule has 1 heterocycles. The molecular weight excluding hydrogens is 207 g/mol. The lowest BCUT2D eigenvalue weighted by atomic mass is 10.0. The molecule has 2 N–H and O–H groups in total. The van der Waals surface area contributed by atoms with Crippen molar-refractivity contribution in [2.24, 2.45) is 5.92 Å². The van der Waals surface area contributed by atoms with E-state index in [1.807, 2.05) is 6.92 Å². The molecule has 86 valence electrons. The van der Waals surface area contributed by atoms with Crippen LogP contribution in [0.25, 0.3) is 0 Å². The van der Waals surface area contributed by atoms with Crippen molar-refractivity contribution in [2.75, 3.05) is 17.2 Å². The highest BCUT2D eigenvalue weighted by atomic mass is 19.1. The second-order valence-electron chi connectivity index (χ2n) is 4.05. The predicted molar refractivity (Wildman–Crippen MR) is 61.9 cm³/mol. The third-order valence-electron chi connectivity index (χ3n) is 2.79. The Kier molecular flexibility index (Phi) is 3.08. The van der Waals surface area contributed by atoms with E-state index in [4.69, 9.17) is 0 Å². The van der Waals surface area contributed by atoms with Gasteiger partial charge in [-0.25, -0.2) is 4.39 Å². The maximum absolute atomic E-state index is 13.0. The standard InChI is InChI=1S/C12H15FN2O/c1-2-3-8-7-14-10-5-4-9(13)6-11(10)15-12(8)16/h4-6,8,14H,2-3,7H2,1H3,(H,15,16). The van der Waals surface area contributed by atoms with Gasteiger partial charge in [0.15, 0.2) is 0 Å². The number of amides is 1. The summed E-state index contributed by atoms with van der Waals surface area (Å²) in [7, 11) is 0. The number of fused-ring (bicyclic) bond motifs is 1. The Morgan fingerprint density at radius 1 is 1.44 bits per heavy atom. The van der Waals surface area contributed by atoms with Gasteiger partial charge in [0.05, 0.1) is 17.3 Å². The number of halogens is 1. The van der Waals surface area contributed by atoms with Crippen molar-refractivity contribution in [3.63, 3.8) is 0 Å². The van der Waals surface area contributed by atoms with Gasteiger partial charge in [0.2, 0.25) is 5.91 Å². The minimum absolute atomic E-state index is 0.0290. The van der Waals surface area contributed by atoms with Crippen molar-refractivity contribution in [2.45, 2.75) is 19.8 Å². The summed E-state index contributed by atoms with van der Waals surface area (Å²) in [6.07, 6.45) is 1.81. The summed E-state index contributed by atoms with van der Waals surface area (Å²) in [5, 5.41) is 5.92. The molecule has 2 rings (SSSR count). The number of carbonyl (C=O) groups is 1. The monoisotopic (exact) mass is 222 g/mol. The molecule has 16 heavy (non-hydrogen) atoms. The van der Waals surface area contributed by atoms with Crippen LogP contribution in [0.1, 0.15) is 19.8 Å². The molecule has 1 aromatic carbocycles. The van der Waals surface area contributed by atoms with E-state index in [2.05, 4.69) is 10.6 Å². The first-order chi connectivity index (χ1) is 7.70. The number of nitrogens with one attached hydrogen (secondary N) is 2. The Morgan fingerprint density at radius 3 is 3.00 bits per heavy atom. The van der Waals surface area contributed by atoms with Crippen molar-refractivity contribution in [3.8, 4) is 0 Å². The smallest absolute Gasteiger partial charge is 0.229 e. The van der Waals surface area contributed by atoms with Gasteiger partial charge < -0.3 is 10.6 Å². The molecule has 3 nitrogen and oxygen atoms in total. The minimum atomic E-state index is -0.338. The molecule has 0 saturated carbocycles. The lowest BCUT2D eigenvalue weighted by Crippen LogP contribution is -2.25. The van der Waals surface area contributed by atoms with Crippen LogP contribution in [0.15, 0.2) is 18.2 Å². The fourth-order valence-electron chi connectivity index (χ4n) is 1.92. The third kappa shape index (κ3) is 2.15. The van der Waals surface area contributed by atoms with Gasteiger partial charge in [0.25, 0.3) is 0 Å². The first-order valence-corrected chi connectivity index (χ1v) is 5.55. The van der Waals surface area contributed by atoms with Gasteiger partial charge >= 0.3 is 0 Å². The zero-order valence-corrected chi connectivity index (χ0v) is 9.22. The Balaban J connectivity index is 2.23. The van der Waals surface area contributed by atoms with Crippen molar-refractivity contribution >= 4 is 17.3 Å². The van der Waals surface area contributed by atoms with Gasteiger partial charge in [-0.05, 0) is 24.6 Å². The van der Waals surface area contributed by atoms with E-state index in [0.29, 0.717) is 12.2 Å². The molecule has 1 aliphatic rings. The van der Waals surface area contributed by atoms with Crippen LogP contribution in [0.4, 0.5) is 15.8 Å². The van der Waals surface area contributed by atoms with E-state index in [9.17, 15) is 9.18 Å². The SMILES string of the molecule is CCCC1CNc2ccc(F)cc2NC1=O. The number of rotatable bonds is 2. The van der Waals surface area contributed by atoms with E-state index >= 15 is 0 Å². The summed E-state index contributed by atoms with van der Waals surface area (Å²) < 4.78 is 13.0. The molecule has 1 atom stereocenters. The lowest BCUT2D eigenvalue weighted by molar-refractivity contribution is -0.119. The molecule has 0 bridgehead atoms. The van der Waals surface area contributed by atoms with Crippen LogP contribution in [0.2, 0.25) is 0 Å². The number of carbonyl (C=O) groups excluding carboxylic acids is 1. The van der Waals surface area contributed by atoms with Crippen LogP contribution >= 0.6 is 0 Å². The number of anilines is 2. The van der Waals surface area contributed by atoms with Gasteiger partial charge in [-0.3, -0.25) is 4.79 Å². The van der Waals surface area contributed by atoms with Gasteiger partial charge in [-0.2, -0.15) is 0 Å². The maximum Gasteiger partial charge on any atom is 0.229 e. The first kappa shape index (κ1) is 10.9. The molecule has 0 aromatic heterocycles. The fourth-order valence-corrected chi connectivity index (χ4v) is 1.92. The Hall–Kier alpha value is -1.58. The van der Waals surface area contributed by atoms with Crippen molar-refractivity contribution < 1.29 is 9.18 Å². The van der Waals surface area contributed by atoms with E-state index in [-0.39, 0.29) is 17.6 Å². The highest BCUT2D eigenvalue weighted by Gasteiger charge is 2.22. The Morgan fingerprint density at radius 2 is 2.25 bits per heavy atom. The van der Waals surface area contributed by atoms with E-state index in [1.165, 1.54) is 12.1 Å². The van der Waals surface area contributed by atoms with Gasteiger partial charge in [0.1, 0.15) is 5.82 Å². The molecule has 1 aromatic rings. The maximum atomic E-state index is 13.0. The molecule has 0 saturated heterocycles. The second-order valence-corrected chi connectivity index (χ2v) is 4.05. The first-order valence-electron chi connectivity index (χ1n) is 5.55. The highest BCUT2D eigenvalue weighted by molar-refractivity contribution is 5.97. The van der Waals surface area contributed by atoms with Gasteiger partial charge in [-0.15, -0.1) is 0 Å². The molecule has 1 unspecified atom stereocenters. The highest BCUT2D eigenvalue weighted by Crippen LogP contribution is 2.27. The van der Waals surface area contributed by atoms with Crippen LogP contribution in [-0.4, -0.2) is 12.5 Å². The van der Waals surface area contributed by atoms with Crippen molar-refractivity contribution in [1.29, 1.82) is 0 Å². The largest absolute Gasteiger partial charge is 0.383 e. The van der Waals surface area contributed by atoms with Crippen molar-refractivity contribution in [1.82, 2.24) is 0 Å². The summed E-state index contributed by atoms with van der Waals surface area (Å²) in [5.74, 6) is -0.408. The minimum Gasteiger partial charge on any atom is -0.383 e. The Bertz CT molecular complexity index is 406. The summed E-state index contributed by atoms with van der Waals surface area (Å²) in [5.41, 5.74) is 1.32. The predicted octanol–water partition coefficient (Wildman–Crippen LogP) is 2.61. The normalized spacial score (nSPS) is 19.4. The van der Waals surface area contributed by atoms with E-state index in [1.54, 1.807) is 6.07 Å². The average molecular weight is 222 g/mol. The molecule has 0 aliphatic carbocycles. The average Bonchev–Trinajstić information content (AvgIpc) is 2.39. The second kappa shape index (κ2) is 4.51. The number of hydrogen-bond acceptors (Lipinski definition) is 2. The van der Waals surface area contributed by atoms with Gasteiger partial charge in [-0.1, -0.05) is 13.3 Å². The summed E-state index contributed by atoms with van der Waals surface area (Å²) >= 11 is 0. The molecular formula is C12H15FN2O. The fraction of sp³-hybridized carbons (Fsp3) is 0.417. The molecule has 1 aliphatic heterocycles. The van der Waals surface area contributed by atoms with E-state index < -0.39 is 0 Å².